The summed E-state index contributed by atoms with van der Waals surface area (Å²) in [5, 5.41) is 14.5. The fraction of sp³-hybridized carbons (Fsp3) is 0.350. The van der Waals surface area contributed by atoms with Crippen LogP contribution in [0.15, 0.2) is 42.5 Å². The lowest BCUT2D eigenvalue weighted by Gasteiger charge is -2.27. The molecule has 7 heteroatoms. The van der Waals surface area contributed by atoms with Crippen molar-refractivity contribution < 1.29 is 9.72 Å². The first-order valence-corrected chi connectivity index (χ1v) is 9.16. The van der Waals surface area contributed by atoms with Crippen molar-refractivity contribution in [3.63, 3.8) is 0 Å². The highest BCUT2D eigenvalue weighted by Crippen LogP contribution is 2.26. The molecule has 0 radical (unpaired) electrons. The molecule has 7 nitrogen and oxygen atoms in total. The lowest BCUT2D eigenvalue weighted by molar-refractivity contribution is -0.384. The maximum atomic E-state index is 11.3. The maximum absolute atomic E-state index is 11.3. The highest BCUT2D eigenvalue weighted by atomic mass is 16.6. The molecule has 0 saturated carbocycles. The van der Waals surface area contributed by atoms with Gasteiger partial charge in [-0.15, -0.1) is 0 Å². The molecule has 2 aromatic carbocycles. The van der Waals surface area contributed by atoms with Crippen molar-refractivity contribution in [2.24, 2.45) is 5.73 Å². The largest absolute Gasteiger partial charge is 0.375 e. The zero-order valence-electron chi connectivity index (χ0n) is 15.2. The number of nitrogens with one attached hydrogen (secondary N) is 1. The number of rotatable bonds is 7. The molecule has 1 fully saturated rings. The van der Waals surface area contributed by atoms with E-state index in [-0.39, 0.29) is 11.3 Å². The van der Waals surface area contributed by atoms with Gasteiger partial charge in [0.1, 0.15) is 5.69 Å². The Hall–Kier alpha value is -2.93. The Balaban J connectivity index is 1.75. The molecule has 0 aliphatic carbocycles. The maximum Gasteiger partial charge on any atom is 0.293 e. The number of nitro benzene ring substituents is 1. The number of hydrogen-bond donors (Lipinski definition) is 2. The average molecular weight is 368 g/mol. The number of hydrogen-bond acceptors (Lipinski definition) is 5. The van der Waals surface area contributed by atoms with Crippen LogP contribution in [-0.4, -0.2) is 28.8 Å². The summed E-state index contributed by atoms with van der Waals surface area (Å²) in [7, 11) is 0. The fourth-order valence-corrected chi connectivity index (χ4v) is 3.42. The van der Waals surface area contributed by atoms with Crippen LogP contribution < -0.4 is 11.1 Å². The van der Waals surface area contributed by atoms with Gasteiger partial charge in [-0.25, -0.2) is 0 Å². The summed E-state index contributed by atoms with van der Waals surface area (Å²) in [4.78, 5) is 24.6. The third kappa shape index (κ3) is 4.83. The number of likely N-dealkylation sites (tertiary alicyclic amines) is 1. The number of carbonyl (C=O) groups excluding carboxylic acids is 1. The highest BCUT2D eigenvalue weighted by Gasteiger charge is 2.17. The zero-order valence-corrected chi connectivity index (χ0v) is 15.2. The number of anilines is 1. The minimum atomic E-state index is -0.684. The van der Waals surface area contributed by atoms with Gasteiger partial charge in [-0.05, 0) is 49.2 Å². The van der Waals surface area contributed by atoms with E-state index in [0.29, 0.717) is 12.2 Å². The molecule has 1 amide bonds. The summed E-state index contributed by atoms with van der Waals surface area (Å²) in [6.45, 7) is 3.59. The molecule has 3 rings (SSSR count). The Kier molecular flexibility index (Phi) is 6.03. The number of piperidine rings is 1. The second-order valence-electron chi connectivity index (χ2n) is 6.81. The zero-order chi connectivity index (χ0) is 19.2. The molecular weight excluding hydrogens is 344 g/mol. The normalized spacial score (nSPS) is 14.7. The van der Waals surface area contributed by atoms with Crippen molar-refractivity contribution in [2.75, 3.05) is 18.4 Å². The van der Waals surface area contributed by atoms with Gasteiger partial charge in [0.2, 0.25) is 5.91 Å². The smallest absolute Gasteiger partial charge is 0.293 e. The lowest BCUT2D eigenvalue weighted by atomic mass is 10.0. The van der Waals surface area contributed by atoms with Gasteiger partial charge in [-0.1, -0.05) is 30.7 Å². The van der Waals surface area contributed by atoms with Crippen molar-refractivity contribution in [1.29, 1.82) is 0 Å². The summed E-state index contributed by atoms with van der Waals surface area (Å²) in [6, 6.07) is 12.4. The van der Waals surface area contributed by atoms with Crippen LogP contribution in [0.3, 0.4) is 0 Å². The minimum Gasteiger partial charge on any atom is -0.375 e. The van der Waals surface area contributed by atoms with Gasteiger partial charge in [-0.3, -0.25) is 19.8 Å². The van der Waals surface area contributed by atoms with E-state index in [1.54, 1.807) is 0 Å². The molecule has 2 aromatic rings. The third-order valence-corrected chi connectivity index (χ3v) is 4.91. The Morgan fingerprint density at radius 1 is 1.11 bits per heavy atom. The standard InChI is InChI=1S/C20H24N4O3/c21-20(25)15-8-9-18(19(12-15)24(26)27)22-13-16-6-2-3-7-17(16)14-23-10-4-1-5-11-23/h2-3,6-9,12,22H,1,4-5,10-11,13-14H2,(H2,21,25). The molecule has 0 unspecified atom stereocenters. The number of amides is 1. The van der Waals surface area contributed by atoms with E-state index in [4.69, 9.17) is 5.73 Å². The van der Waals surface area contributed by atoms with Crippen molar-refractivity contribution in [3.8, 4) is 0 Å². The second-order valence-corrected chi connectivity index (χ2v) is 6.81. The van der Waals surface area contributed by atoms with E-state index in [9.17, 15) is 14.9 Å². The van der Waals surface area contributed by atoms with Gasteiger partial charge in [-0.2, -0.15) is 0 Å². The summed E-state index contributed by atoms with van der Waals surface area (Å²) in [5.74, 6) is -0.684. The van der Waals surface area contributed by atoms with Crippen molar-refractivity contribution in [2.45, 2.75) is 32.4 Å². The van der Waals surface area contributed by atoms with Crippen LogP contribution in [0.4, 0.5) is 11.4 Å². The molecule has 1 heterocycles. The van der Waals surface area contributed by atoms with E-state index in [2.05, 4.69) is 16.3 Å². The number of primary amides is 1. The van der Waals surface area contributed by atoms with E-state index in [0.717, 1.165) is 25.2 Å². The van der Waals surface area contributed by atoms with E-state index >= 15 is 0 Å². The van der Waals surface area contributed by atoms with Crippen LogP contribution in [-0.2, 0) is 13.1 Å². The van der Waals surface area contributed by atoms with Gasteiger partial charge >= 0.3 is 0 Å². The Labute approximate surface area is 158 Å². The van der Waals surface area contributed by atoms with Crippen LogP contribution in [0, 0.1) is 10.1 Å². The predicted octanol–water partition coefficient (Wildman–Crippen LogP) is 3.29. The second kappa shape index (κ2) is 8.64. The summed E-state index contributed by atoms with van der Waals surface area (Å²) < 4.78 is 0. The molecule has 1 saturated heterocycles. The van der Waals surface area contributed by atoms with E-state index < -0.39 is 10.8 Å². The summed E-state index contributed by atoms with van der Waals surface area (Å²) >= 11 is 0. The van der Waals surface area contributed by atoms with E-state index in [1.165, 1.54) is 43.0 Å². The molecule has 0 atom stereocenters. The number of benzene rings is 2. The SMILES string of the molecule is NC(=O)c1ccc(NCc2ccccc2CN2CCCCC2)c([N+](=O)[O-])c1. The van der Waals surface area contributed by atoms with Gasteiger partial charge in [0.05, 0.1) is 4.92 Å². The minimum absolute atomic E-state index is 0.123. The lowest BCUT2D eigenvalue weighted by Crippen LogP contribution is -2.29. The molecule has 1 aliphatic heterocycles. The number of nitro groups is 1. The molecule has 142 valence electrons. The van der Waals surface area contributed by atoms with Crippen LogP contribution in [0.1, 0.15) is 40.7 Å². The first kappa shape index (κ1) is 18.8. The molecule has 0 spiro atoms. The molecule has 0 bridgehead atoms. The van der Waals surface area contributed by atoms with Gasteiger partial charge in [0.25, 0.3) is 5.69 Å². The van der Waals surface area contributed by atoms with Crippen molar-refractivity contribution in [1.82, 2.24) is 4.90 Å². The van der Waals surface area contributed by atoms with E-state index in [1.807, 2.05) is 18.2 Å². The molecule has 1 aliphatic rings. The monoisotopic (exact) mass is 368 g/mol. The summed E-state index contributed by atoms with van der Waals surface area (Å²) in [5.41, 5.74) is 7.90. The first-order chi connectivity index (χ1) is 13.0. The summed E-state index contributed by atoms with van der Waals surface area (Å²) in [6.07, 6.45) is 3.77. The third-order valence-electron chi connectivity index (χ3n) is 4.91. The molecule has 27 heavy (non-hydrogen) atoms. The van der Waals surface area contributed by atoms with Gasteiger partial charge in [0, 0.05) is 24.7 Å². The topological polar surface area (TPSA) is 102 Å². The molecule has 0 aromatic heterocycles. The Morgan fingerprint density at radius 3 is 2.48 bits per heavy atom. The van der Waals surface area contributed by atoms with Crippen LogP contribution in [0.2, 0.25) is 0 Å². The van der Waals surface area contributed by atoms with Crippen molar-refractivity contribution in [3.05, 3.63) is 69.3 Å². The number of nitrogens with zero attached hydrogens (tertiary/aromatic N) is 2. The van der Waals surface area contributed by atoms with Crippen LogP contribution in [0.5, 0.6) is 0 Å². The fourth-order valence-electron chi connectivity index (χ4n) is 3.42. The van der Waals surface area contributed by atoms with Crippen LogP contribution >= 0.6 is 0 Å². The number of carbonyl (C=O) groups is 1. The van der Waals surface area contributed by atoms with Gasteiger partial charge in [0.15, 0.2) is 0 Å². The van der Waals surface area contributed by atoms with Crippen LogP contribution in [0.25, 0.3) is 0 Å². The first-order valence-electron chi connectivity index (χ1n) is 9.16. The quantitative estimate of drug-likeness (QED) is 0.577. The molecule has 3 N–H and O–H groups in total. The predicted molar refractivity (Wildman–Crippen MR) is 105 cm³/mol. The average Bonchev–Trinajstić information content (AvgIpc) is 2.68. The Bertz CT molecular complexity index is 832. The molecular formula is C20H24N4O3. The number of nitrogens with two attached hydrogens (primary N) is 1. The highest BCUT2D eigenvalue weighted by molar-refractivity contribution is 5.94. The van der Waals surface area contributed by atoms with Crippen molar-refractivity contribution >= 4 is 17.3 Å². The van der Waals surface area contributed by atoms with Gasteiger partial charge < -0.3 is 11.1 Å². The Morgan fingerprint density at radius 2 is 1.81 bits per heavy atom.